The van der Waals surface area contributed by atoms with Crippen molar-refractivity contribution in [2.75, 3.05) is 18.0 Å². The first kappa shape index (κ1) is 16.6. The number of nitrogens with one attached hydrogen (secondary N) is 1. The molecule has 0 aromatic carbocycles. The van der Waals surface area contributed by atoms with E-state index in [1.54, 1.807) is 23.1 Å². The van der Waals surface area contributed by atoms with Crippen molar-refractivity contribution >= 4 is 17.0 Å². The van der Waals surface area contributed by atoms with Crippen molar-refractivity contribution in [2.45, 2.75) is 20.4 Å². The number of hydrogen-bond donors (Lipinski definition) is 1. The Bertz CT molecular complexity index is 1220. The quantitative estimate of drug-likeness (QED) is 0.561. The van der Waals surface area contributed by atoms with Crippen LogP contribution in [0.2, 0.25) is 0 Å². The van der Waals surface area contributed by atoms with Gasteiger partial charge in [-0.25, -0.2) is 24.3 Å². The molecule has 1 aliphatic rings. The lowest BCUT2D eigenvalue weighted by Gasteiger charge is -2.40. The normalized spacial score (nSPS) is 14.6. The average Bonchev–Trinajstić information content (AvgIpc) is 3.25. The third kappa shape index (κ3) is 2.73. The molecular formula is C18H19N9O. The maximum absolute atomic E-state index is 12.3. The minimum atomic E-state index is -0.110. The summed E-state index contributed by atoms with van der Waals surface area (Å²) in [7, 11) is 0. The molecule has 4 aromatic heterocycles. The standard InChI is InChI=1S/C18H19N9O/c1-11-5-12(2)27(23-11)14-3-4-15(28)26(24-14)8-13-6-25(7-13)18-16-17(20-9-19-16)21-10-22-18/h3-5,9-10,13H,6-8H2,1-2H3,(H,19,20,21,22). The summed E-state index contributed by atoms with van der Waals surface area (Å²) < 4.78 is 3.29. The largest absolute Gasteiger partial charge is 0.354 e. The van der Waals surface area contributed by atoms with E-state index in [-0.39, 0.29) is 5.56 Å². The Morgan fingerprint density at radius 1 is 1.14 bits per heavy atom. The number of nitrogens with zero attached hydrogens (tertiary/aromatic N) is 8. The van der Waals surface area contributed by atoms with Gasteiger partial charge in [-0.05, 0) is 26.0 Å². The fourth-order valence-corrected chi connectivity index (χ4v) is 3.64. The van der Waals surface area contributed by atoms with Crippen molar-refractivity contribution in [1.29, 1.82) is 0 Å². The summed E-state index contributed by atoms with van der Waals surface area (Å²) in [6.45, 7) is 6.05. The summed E-state index contributed by atoms with van der Waals surface area (Å²) in [5, 5.41) is 8.97. The number of anilines is 1. The van der Waals surface area contributed by atoms with Crippen LogP contribution < -0.4 is 10.5 Å². The topological polar surface area (TPSA) is 110 Å². The smallest absolute Gasteiger partial charge is 0.266 e. The number of fused-ring (bicyclic) bond motifs is 1. The van der Waals surface area contributed by atoms with Crippen LogP contribution in [-0.2, 0) is 6.54 Å². The highest BCUT2D eigenvalue weighted by Gasteiger charge is 2.30. The molecule has 1 aliphatic heterocycles. The summed E-state index contributed by atoms with van der Waals surface area (Å²) >= 11 is 0. The van der Waals surface area contributed by atoms with Crippen LogP contribution in [0.25, 0.3) is 17.0 Å². The Kier molecular flexibility index (Phi) is 3.71. The minimum Gasteiger partial charge on any atom is -0.354 e. The molecule has 1 N–H and O–H groups in total. The molecule has 10 nitrogen and oxygen atoms in total. The lowest BCUT2D eigenvalue weighted by molar-refractivity contribution is 0.332. The van der Waals surface area contributed by atoms with Crippen LogP contribution in [0.15, 0.2) is 35.6 Å². The molecule has 1 saturated heterocycles. The summed E-state index contributed by atoms with van der Waals surface area (Å²) in [6, 6.07) is 5.24. The number of H-pyrrole nitrogens is 1. The zero-order chi connectivity index (χ0) is 19.3. The van der Waals surface area contributed by atoms with Gasteiger partial charge in [0, 0.05) is 30.8 Å². The molecule has 0 atom stereocenters. The molecule has 28 heavy (non-hydrogen) atoms. The number of rotatable bonds is 4. The van der Waals surface area contributed by atoms with E-state index in [1.165, 1.54) is 11.0 Å². The zero-order valence-corrected chi connectivity index (χ0v) is 15.6. The first-order valence-electron chi connectivity index (χ1n) is 9.09. The molecule has 142 valence electrons. The monoisotopic (exact) mass is 377 g/mol. The molecule has 0 spiro atoms. The van der Waals surface area contributed by atoms with Crippen molar-refractivity contribution in [1.82, 2.24) is 39.5 Å². The van der Waals surface area contributed by atoms with Crippen LogP contribution in [0, 0.1) is 19.8 Å². The molecule has 0 bridgehead atoms. The van der Waals surface area contributed by atoms with Gasteiger partial charge < -0.3 is 9.88 Å². The van der Waals surface area contributed by atoms with Crippen molar-refractivity contribution < 1.29 is 0 Å². The van der Waals surface area contributed by atoms with Gasteiger partial charge in [0.25, 0.3) is 5.56 Å². The van der Waals surface area contributed by atoms with Crippen molar-refractivity contribution in [2.24, 2.45) is 5.92 Å². The van der Waals surface area contributed by atoms with E-state index < -0.39 is 0 Å². The Morgan fingerprint density at radius 3 is 2.79 bits per heavy atom. The van der Waals surface area contributed by atoms with E-state index in [0.29, 0.717) is 23.9 Å². The van der Waals surface area contributed by atoms with Gasteiger partial charge in [-0.15, -0.1) is 5.10 Å². The van der Waals surface area contributed by atoms with Crippen molar-refractivity contribution in [3.05, 3.63) is 52.6 Å². The maximum Gasteiger partial charge on any atom is 0.266 e. The van der Waals surface area contributed by atoms with Gasteiger partial charge in [0.1, 0.15) is 11.8 Å². The Hall–Kier alpha value is -3.56. The predicted molar refractivity (Wildman–Crippen MR) is 102 cm³/mol. The number of aromatic amines is 1. The van der Waals surface area contributed by atoms with E-state index in [2.05, 4.69) is 35.0 Å². The van der Waals surface area contributed by atoms with Crippen LogP contribution in [0.1, 0.15) is 11.4 Å². The van der Waals surface area contributed by atoms with Gasteiger partial charge in [0.05, 0.1) is 18.6 Å². The predicted octanol–water partition coefficient (Wildman–Crippen LogP) is 0.849. The SMILES string of the molecule is Cc1cc(C)n(-c2ccc(=O)n(CC3CN(c4ncnc5nc[nH]c45)C3)n2)n1. The molecule has 0 aliphatic carbocycles. The van der Waals surface area contributed by atoms with Gasteiger partial charge in [0.2, 0.25) is 0 Å². The number of aryl methyl sites for hydroxylation is 2. The Morgan fingerprint density at radius 2 is 2.00 bits per heavy atom. The van der Waals surface area contributed by atoms with Crippen LogP contribution in [0.5, 0.6) is 0 Å². The molecule has 0 amide bonds. The van der Waals surface area contributed by atoms with E-state index in [1.807, 2.05) is 19.9 Å². The zero-order valence-electron chi connectivity index (χ0n) is 15.6. The number of hydrogen-bond acceptors (Lipinski definition) is 7. The second kappa shape index (κ2) is 6.25. The van der Waals surface area contributed by atoms with Crippen LogP contribution in [0.3, 0.4) is 0 Å². The van der Waals surface area contributed by atoms with E-state index >= 15 is 0 Å². The highest BCUT2D eigenvalue weighted by atomic mass is 16.1. The Labute approximate surface area is 159 Å². The van der Waals surface area contributed by atoms with Crippen LogP contribution >= 0.6 is 0 Å². The minimum absolute atomic E-state index is 0.110. The second-order valence-electron chi connectivity index (χ2n) is 7.12. The molecule has 1 fully saturated rings. The second-order valence-corrected chi connectivity index (χ2v) is 7.12. The molecule has 4 aromatic rings. The highest BCUT2D eigenvalue weighted by Crippen LogP contribution is 2.27. The number of aromatic nitrogens is 8. The lowest BCUT2D eigenvalue weighted by Crippen LogP contribution is -2.50. The van der Waals surface area contributed by atoms with E-state index in [9.17, 15) is 4.79 Å². The van der Waals surface area contributed by atoms with Gasteiger partial charge in [-0.2, -0.15) is 5.10 Å². The maximum atomic E-state index is 12.3. The summed E-state index contributed by atoms with van der Waals surface area (Å²) in [6.07, 6.45) is 3.14. The van der Waals surface area contributed by atoms with Gasteiger partial charge >= 0.3 is 0 Å². The Balaban J connectivity index is 1.34. The molecule has 0 saturated carbocycles. The van der Waals surface area contributed by atoms with Crippen molar-refractivity contribution in [3.63, 3.8) is 0 Å². The van der Waals surface area contributed by atoms with Crippen LogP contribution in [-0.4, -0.2) is 52.6 Å². The molecule has 5 rings (SSSR count). The van der Waals surface area contributed by atoms with E-state index in [0.717, 1.165) is 35.8 Å². The molecule has 0 unspecified atom stereocenters. The lowest BCUT2D eigenvalue weighted by atomic mass is 10.0. The summed E-state index contributed by atoms with van der Waals surface area (Å²) in [4.78, 5) is 30.2. The fraction of sp³-hybridized carbons (Fsp3) is 0.333. The van der Waals surface area contributed by atoms with Gasteiger partial charge in [0.15, 0.2) is 17.3 Å². The molecule has 0 radical (unpaired) electrons. The third-order valence-electron chi connectivity index (χ3n) is 4.97. The van der Waals surface area contributed by atoms with E-state index in [4.69, 9.17) is 0 Å². The molecule has 10 heteroatoms. The molecular weight excluding hydrogens is 358 g/mol. The number of imidazole rings is 1. The van der Waals surface area contributed by atoms with Crippen molar-refractivity contribution in [3.8, 4) is 5.82 Å². The summed E-state index contributed by atoms with van der Waals surface area (Å²) in [5.41, 5.74) is 3.28. The summed E-state index contributed by atoms with van der Waals surface area (Å²) in [5.74, 6) is 1.81. The molecule has 5 heterocycles. The van der Waals surface area contributed by atoms with Gasteiger partial charge in [-0.3, -0.25) is 4.79 Å². The first-order chi connectivity index (χ1) is 13.6. The van der Waals surface area contributed by atoms with Crippen LogP contribution in [0.4, 0.5) is 5.82 Å². The third-order valence-corrected chi connectivity index (χ3v) is 4.97. The fourth-order valence-electron chi connectivity index (χ4n) is 3.64. The highest BCUT2D eigenvalue weighted by molar-refractivity contribution is 5.83. The van der Waals surface area contributed by atoms with Gasteiger partial charge in [-0.1, -0.05) is 0 Å². The first-order valence-corrected chi connectivity index (χ1v) is 9.09. The average molecular weight is 377 g/mol.